The lowest BCUT2D eigenvalue weighted by molar-refractivity contribution is -0.150. The molecule has 1 fully saturated rings. The van der Waals surface area contributed by atoms with Crippen molar-refractivity contribution in [3.63, 3.8) is 0 Å². The number of hydrogen-bond acceptors (Lipinski definition) is 3. The van der Waals surface area contributed by atoms with Crippen LogP contribution in [-0.2, 0) is 9.53 Å². The van der Waals surface area contributed by atoms with Crippen LogP contribution >= 0.6 is 0 Å². The summed E-state index contributed by atoms with van der Waals surface area (Å²) in [6.07, 6.45) is 4.95. The first-order valence-electron chi connectivity index (χ1n) is 8.78. The number of carbonyl (C=O) groups excluding carboxylic acids is 1. The molecular formula is C18H33NO4. The Morgan fingerprint density at radius 2 is 1.91 bits per heavy atom. The van der Waals surface area contributed by atoms with E-state index in [0.717, 1.165) is 25.7 Å². The molecular weight excluding hydrogens is 294 g/mol. The van der Waals surface area contributed by atoms with E-state index < -0.39 is 23.1 Å². The van der Waals surface area contributed by atoms with Gasteiger partial charge < -0.3 is 15.2 Å². The fraction of sp³-hybridized carbons (Fsp3) is 0.889. The van der Waals surface area contributed by atoms with Crippen molar-refractivity contribution in [1.82, 2.24) is 5.32 Å². The number of carbonyl (C=O) groups is 2. The van der Waals surface area contributed by atoms with Crippen molar-refractivity contribution >= 4 is 12.1 Å². The highest BCUT2D eigenvalue weighted by molar-refractivity contribution is 5.76. The van der Waals surface area contributed by atoms with Crippen molar-refractivity contribution in [3.05, 3.63) is 0 Å². The Morgan fingerprint density at radius 3 is 2.35 bits per heavy atom. The Bertz CT molecular complexity index is 412. The van der Waals surface area contributed by atoms with Crippen molar-refractivity contribution in [2.75, 3.05) is 6.54 Å². The van der Waals surface area contributed by atoms with E-state index in [1.54, 1.807) is 20.8 Å². The summed E-state index contributed by atoms with van der Waals surface area (Å²) in [5.41, 5.74) is -1.46. The average Bonchev–Trinajstić information content (AvgIpc) is 3.17. The first kappa shape index (κ1) is 19.8. The average molecular weight is 327 g/mol. The molecule has 1 amide bonds. The third-order valence-corrected chi connectivity index (χ3v) is 4.32. The summed E-state index contributed by atoms with van der Waals surface area (Å²) in [7, 11) is 0. The van der Waals surface area contributed by atoms with Gasteiger partial charge in [0.05, 0.1) is 5.41 Å². The molecule has 2 unspecified atom stereocenters. The maximum absolute atomic E-state index is 12.0. The molecule has 134 valence electrons. The van der Waals surface area contributed by atoms with E-state index in [1.165, 1.54) is 0 Å². The van der Waals surface area contributed by atoms with Crippen molar-refractivity contribution in [3.8, 4) is 0 Å². The summed E-state index contributed by atoms with van der Waals surface area (Å²) >= 11 is 0. The monoisotopic (exact) mass is 327 g/mol. The quantitative estimate of drug-likeness (QED) is 0.665. The molecule has 0 aliphatic heterocycles. The number of rotatable bonds is 9. The van der Waals surface area contributed by atoms with Crippen LogP contribution in [0.3, 0.4) is 0 Å². The summed E-state index contributed by atoms with van der Waals surface area (Å²) in [4.78, 5) is 23.9. The molecule has 0 bridgehead atoms. The Morgan fingerprint density at radius 1 is 1.30 bits per heavy atom. The van der Waals surface area contributed by atoms with Gasteiger partial charge in [-0.25, -0.2) is 4.79 Å². The minimum Gasteiger partial charge on any atom is -0.481 e. The summed E-state index contributed by atoms with van der Waals surface area (Å²) in [6.45, 7) is 9.74. The van der Waals surface area contributed by atoms with Gasteiger partial charge in [0, 0.05) is 6.54 Å². The highest BCUT2D eigenvalue weighted by Gasteiger charge is 2.44. The number of amides is 1. The molecule has 5 heteroatoms. The van der Waals surface area contributed by atoms with Gasteiger partial charge in [-0.15, -0.1) is 0 Å². The van der Waals surface area contributed by atoms with Gasteiger partial charge in [0.1, 0.15) is 5.60 Å². The van der Waals surface area contributed by atoms with Crippen molar-refractivity contribution in [2.24, 2.45) is 17.3 Å². The van der Waals surface area contributed by atoms with Crippen LogP contribution in [0.15, 0.2) is 0 Å². The number of hydrogen-bond donors (Lipinski definition) is 2. The van der Waals surface area contributed by atoms with E-state index in [4.69, 9.17) is 4.74 Å². The highest BCUT2D eigenvalue weighted by atomic mass is 16.6. The second kappa shape index (κ2) is 8.02. The van der Waals surface area contributed by atoms with Gasteiger partial charge in [-0.2, -0.15) is 0 Å². The standard InChI is InChI=1S/C18H33NO4/c1-6-7-13(2)10-18(15(20)21,11-14-8-9-14)12-19-16(22)23-17(3,4)5/h13-14H,6-12H2,1-5H3,(H,19,22)(H,20,21). The number of nitrogens with one attached hydrogen (secondary N) is 1. The third kappa shape index (κ3) is 7.23. The molecule has 5 nitrogen and oxygen atoms in total. The summed E-state index contributed by atoms with van der Waals surface area (Å²) in [6, 6.07) is 0. The second-order valence-electron chi connectivity index (χ2n) is 8.19. The van der Waals surface area contributed by atoms with Crippen LogP contribution in [0.4, 0.5) is 4.79 Å². The second-order valence-corrected chi connectivity index (χ2v) is 8.19. The molecule has 0 aromatic heterocycles. The number of aliphatic carboxylic acids is 1. The molecule has 23 heavy (non-hydrogen) atoms. The zero-order valence-electron chi connectivity index (χ0n) is 15.3. The van der Waals surface area contributed by atoms with Gasteiger partial charge in [0.15, 0.2) is 0 Å². The van der Waals surface area contributed by atoms with Crippen molar-refractivity contribution in [2.45, 2.75) is 78.7 Å². The minimum absolute atomic E-state index is 0.141. The van der Waals surface area contributed by atoms with Crippen LogP contribution in [0.2, 0.25) is 0 Å². The van der Waals surface area contributed by atoms with E-state index in [0.29, 0.717) is 24.7 Å². The summed E-state index contributed by atoms with van der Waals surface area (Å²) in [5.74, 6) is 0.0130. The van der Waals surface area contributed by atoms with Crippen LogP contribution < -0.4 is 5.32 Å². The zero-order valence-corrected chi connectivity index (χ0v) is 15.3. The normalized spacial score (nSPS) is 18.8. The Kier molecular flexibility index (Phi) is 6.90. The molecule has 1 rings (SSSR count). The molecule has 1 aliphatic rings. The lowest BCUT2D eigenvalue weighted by Crippen LogP contribution is -2.45. The van der Waals surface area contributed by atoms with Crippen molar-refractivity contribution < 1.29 is 19.4 Å². The van der Waals surface area contributed by atoms with Gasteiger partial charge in [0.25, 0.3) is 0 Å². The third-order valence-electron chi connectivity index (χ3n) is 4.32. The maximum Gasteiger partial charge on any atom is 0.407 e. The largest absolute Gasteiger partial charge is 0.481 e. The Hall–Kier alpha value is -1.26. The topological polar surface area (TPSA) is 75.6 Å². The number of carboxylic acid groups (broad SMARTS) is 1. The van der Waals surface area contributed by atoms with E-state index in [-0.39, 0.29) is 6.54 Å². The SMILES string of the molecule is CCCC(C)CC(CNC(=O)OC(C)(C)C)(CC1CC1)C(=O)O. The Balaban J connectivity index is 2.75. The van der Waals surface area contributed by atoms with Crippen LogP contribution in [0, 0.1) is 17.3 Å². The fourth-order valence-corrected chi connectivity index (χ4v) is 3.17. The van der Waals surface area contributed by atoms with E-state index >= 15 is 0 Å². The number of carboxylic acids is 1. The molecule has 2 N–H and O–H groups in total. The molecule has 0 aromatic rings. The first-order chi connectivity index (χ1) is 10.6. The number of alkyl carbamates (subject to hydrolysis) is 1. The predicted molar refractivity (Wildman–Crippen MR) is 90.3 cm³/mol. The summed E-state index contributed by atoms with van der Waals surface area (Å²) < 4.78 is 5.24. The predicted octanol–water partition coefficient (Wildman–Crippen LogP) is 4.21. The van der Waals surface area contributed by atoms with E-state index in [9.17, 15) is 14.7 Å². The van der Waals surface area contributed by atoms with Gasteiger partial charge in [-0.05, 0) is 45.4 Å². The molecule has 1 saturated carbocycles. The van der Waals surface area contributed by atoms with Gasteiger partial charge in [0.2, 0.25) is 0 Å². The van der Waals surface area contributed by atoms with Crippen LogP contribution in [0.25, 0.3) is 0 Å². The Labute approximate surface area is 140 Å². The van der Waals surface area contributed by atoms with Gasteiger partial charge in [-0.3, -0.25) is 4.79 Å². The molecule has 0 saturated heterocycles. The molecule has 2 atom stereocenters. The van der Waals surface area contributed by atoms with Crippen LogP contribution in [0.1, 0.15) is 73.1 Å². The molecule has 0 spiro atoms. The fourth-order valence-electron chi connectivity index (χ4n) is 3.17. The minimum atomic E-state index is -0.882. The highest BCUT2D eigenvalue weighted by Crippen LogP contribution is 2.44. The van der Waals surface area contributed by atoms with Crippen LogP contribution in [0.5, 0.6) is 0 Å². The molecule has 0 radical (unpaired) electrons. The summed E-state index contributed by atoms with van der Waals surface area (Å²) in [5, 5.41) is 12.6. The zero-order chi connectivity index (χ0) is 17.7. The molecule has 0 aromatic carbocycles. The van der Waals surface area contributed by atoms with Gasteiger partial charge >= 0.3 is 12.1 Å². The lowest BCUT2D eigenvalue weighted by atomic mass is 9.74. The smallest absolute Gasteiger partial charge is 0.407 e. The molecule has 1 aliphatic carbocycles. The van der Waals surface area contributed by atoms with E-state index in [2.05, 4.69) is 19.2 Å². The molecule has 0 heterocycles. The van der Waals surface area contributed by atoms with Gasteiger partial charge in [-0.1, -0.05) is 39.5 Å². The van der Waals surface area contributed by atoms with Crippen molar-refractivity contribution in [1.29, 1.82) is 0 Å². The van der Waals surface area contributed by atoms with E-state index in [1.807, 2.05) is 0 Å². The number of ether oxygens (including phenoxy) is 1. The van der Waals surface area contributed by atoms with Crippen LogP contribution in [-0.4, -0.2) is 29.3 Å². The first-order valence-corrected chi connectivity index (χ1v) is 8.78. The maximum atomic E-state index is 12.0. The lowest BCUT2D eigenvalue weighted by Gasteiger charge is -2.33.